The third kappa shape index (κ3) is 12.6. The van der Waals surface area contributed by atoms with Gasteiger partial charge in [-0.25, -0.2) is 4.79 Å². The lowest BCUT2D eigenvalue weighted by Gasteiger charge is -2.29. The van der Waals surface area contributed by atoms with Crippen LogP contribution < -0.4 is 27.0 Å². The van der Waals surface area contributed by atoms with Gasteiger partial charge in [-0.05, 0) is 42.1 Å². The Hall–Kier alpha value is -3.47. The molecule has 0 aliphatic rings. The highest BCUT2D eigenvalue weighted by Crippen LogP contribution is 2.12. The minimum atomic E-state index is -1.16. The summed E-state index contributed by atoms with van der Waals surface area (Å²) in [5, 5.41) is 20.4. The summed E-state index contributed by atoms with van der Waals surface area (Å²) in [6, 6.07) is 4.10. The van der Waals surface area contributed by atoms with E-state index in [-0.39, 0.29) is 42.9 Å². The number of carboxylic acids is 1. The van der Waals surface area contributed by atoms with Gasteiger partial charge in [0.05, 0.1) is 6.04 Å². The van der Waals surface area contributed by atoms with Crippen LogP contribution in [0.2, 0.25) is 0 Å². The number of rotatable bonds is 17. The minimum absolute atomic E-state index is 0.00587. The molecular weight excluding hydrogens is 538 g/mol. The topological polar surface area (TPSA) is 180 Å². The number of hydrogen-bond donors (Lipinski definition) is 6. The lowest BCUT2D eigenvalue weighted by molar-refractivity contribution is -0.142. The lowest BCUT2D eigenvalue weighted by Crippen LogP contribution is -2.60. The summed E-state index contributed by atoms with van der Waals surface area (Å²) in [5.74, 6) is -3.78. The zero-order valence-electron chi connectivity index (χ0n) is 26.3. The predicted molar refractivity (Wildman–Crippen MR) is 162 cm³/mol. The van der Waals surface area contributed by atoms with E-state index in [1.165, 1.54) is 0 Å². The van der Waals surface area contributed by atoms with Gasteiger partial charge in [0.2, 0.25) is 23.6 Å². The molecule has 236 valence electrons. The molecule has 11 nitrogen and oxygen atoms in total. The van der Waals surface area contributed by atoms with E-state index in [1.54, 1.807) is 52.0 Å². The molecule has 1 rings (SSSR count). The molecule has 0 aliphatic carbocycles. The van der Waals surface area contributed by atoms with Gasteiger partial charge in [-0.2, -0.15) is 0 Å². The van der Waals surface area contributed by atoms with Crippen LogP contribution in [0.5, 0.6) is 0 Å². The first-order chi connectivity index (χ1) is 19.5. The lowest BCUT2D eigenvalue weighted by atomic mass is 9.98. The summed E-state index contributed by atoms with van der Waals surface area (Å²) in [6.45, 7) is 14.7. The number of benzene rings is 1. The van der Waals surface area contributed by atoms with Crippen LogP contribution in [-0.2, 0) is 30.4 Å². The third-order valence-corrected chi connectivity index (χ3v) is 6.85. The SMILES string of the molecule is CC(C)CC(NC(=O)C(Cc1ccccc1)NC(=O)C(CC(C)C)NC(=O)C(NC(=O)C(N)C(C)C)C(C)C)C(=O)O. The van der Waals surface area contributed by atoms with Crippen LogP contribution in [0.15, 0.2) is 30.3 Å². The molecule has 0 aliphatic heterocycles. The van der Waals surface area contributed by atoms with E-state index in [0.29, 0.717) is 0 Å². The summed E-state index contributed by atoms with van der Waals surface area (Å²) in [4.78, 5) is 64.7. The van der Waals surface area contributed by atoms with Crippen molar-refractivity contribution in [1.82, 2.24) is 21.3 Å². The van der Waals surface area contributed by atoms with Crippen LogP contribution in [0.3, 0.4) is 0 Å². The van der Waals surface area contributed by atoms with Crippen molar-refractivity contribution in [3.63, 3.8) is 0 Å². The van der Waals surface area contributed by atoms with Crippen LogP contribution in [0.25, 0.3) is 0 Å². The van der Waals surface area contributed by atoms with Gasteiger partial charge in [0.15, 0.2) is 0 Å². The zero-order chi connectivity index (χ0) is 32.1. The number of carbonyl (C=O) groups excluding carboxylic acids is 4. The molecule has 0 radical (unpaired) electrons. The van der Waals surface area contributed by atoms with Crippen molar-refractivity contribution < 1.29 is 29.1 Å². The van der Waals surface area contributed by atoms with Crippen LogP contribution in [0.4, 0.5) is 0 Å². The highest BCUT2D eigenvalue weighted by Gasteiger charge is 2.33. The maximum absolute atomic E-state index is 13.6. The van der Waals surface area contributed by atoms with Gasteiger partial charge in [0.25, 0.3) is 0 Å². The quantitative estimate of drug-likeness (QED) is 0.161. The van der Waals surface area contributed by atoms with Gasteiger partial charge in [-0.15, -0.1) is 0 Å². The second-order valence-electron chi connectivity index (χ2n) is 12.5. The van der Waals surface area contributed by atoms with Crippen molar-refractivity contribution in [2.75, 3.05) is 0 Å². The Morgan fingerprint density at radius 1 is 0.643 bits per heavy atom. The summed E-state index contributed by atoms with van der Waals surface area (Å²) in [6.07, 6.45) is 0.612. The molecule has 11 heteroatoms. The largest absolute Gasteiger partial charge is 0.480 e. The first kappa shape index (κ1) is 36.6. The molecule has 5 unspecified atom stereocenters. The second-order valence-corrected chi connectivity index (χ2v) is 12.5. The Labute approximate surface area is 250 Å². The van der Waals surface area contributed by atoms with Crippen LogP contribution in [-0.4, -0.2) is 64.9 Å². The molecule has 0 saturated heterocycles. The molecule has 0 fully saturated rings. The zero-order valence-corrected chi connectivity index (χ0v) is 26.3. The number of carboxylic acid groups (broad SMARTS) is 1. The number of hydrogen-bond acceptors (Lipinski definition) is 6. The van der Waals surface area contributed by atoms with Gasteiger partial charge in [-0.1, -0.05) is 85.7 Å². The van der Waals surface area contributed by atoms with Gasteiger partial charge in [-0.3, -0.25) is 19.2 Å². The maximum Gasteiger partial charge on any atom is 0.326 e. The number of nitrogens with one attached hydrogen (secondary N) is 4. The van der Waals surface area contributed by atoms with Gasteiger partial charge < -0.3 is 32.1 Å². The molecule has 5 atom stereocenters. The Kier molecular flexibility index (Phi) is 15.2. The molecule has 0 saturated carbocycles. The standard InChI is InChI=1S/C31H51N5O6/c1-17(2)14-22(34-30(40)26(20(7)8)36-29(39)25(32)19(5)6)27(37)33-23(16-21-12-10-9-11-13-21)28(38)35-24(31(41)42)15-18(3)4/h9-13,17-20,22-26H,14-16,32H2,1-8H3,(H,33,37)(H,34,40)(H,35,38)(H,36,39)(H,41,42). The minimum Gasteiger partial charge on any atom is -0.480 e. The Balaban J connectivity index is 3.22. The van der Waals surface area contributed by atoms with E-state index in [0.717, 1.165) is 5.56 Å². The average molecular weight is 590 g/mol. The Morgan fingerprint density at radius 3 is 1.60 bits per heavy atom. The molecule has 4 amide bonds. The van der Waals surface area contributed by atoms with Crippen LogP contribution >= 0.6 is 0 Å². The summed E-state index contributed by atoms with van der Waals surface area (Å²) < 4.78 is 0. The molecule has 1 aromatic carbocycles. The molecule has 0 spiro atoms. The summed E-state index contributed by atoms with van der Waals surface area (Å²) >= 11 is 0. The van der Waals surface area contributed by atoms with Gasteiger partial charge in [0, 0.05) is 6.42 Å². The molecule has 42 heavy (non-hydrogen) atoms. The van der Waals surface area contributed by atoms with Crippen LogP contribution in [0.1, 0.15) is 73.8 Å². The average Bonchev–Trinajstić information content (AvgIpc) is 2.89. The Bertz CT molecular complexity index is 1040. The maximum atomic E-state index is 13.6. The van der Waals surface area contributed by atoms with Crippen LogP contribution in [0, 0.1) is 23.7 Å². The van der Waals surface area contributed by atoms with E-state index in [1.807, 2.05) is 33.8 Å². The highest BCUT2D eigenvalue weighted by atomic mass is 16.4. The highest BCUT2D eigenvalue weighted by molar-refractivity contribution is 5.95. The van der Waals surface area contributed by atoms with Crippen molar-refractivity contribution in [2.45, 2.75) is 105 Å². The Morgan fingerprint density at radius 2 is 1.12 bits per heavy atom. The van der Waals surface area contributed by atoms with E-state index in [2.05, 4.69) is 21.3 Å². The fraction of sp³-hybridized carbons (Fsp3) is 0.645. The van der Waals surface area contributed by atoms with Crippen molar-refractivity contribution in [3.05, 3.63) is 35.9 Å². The number of nitrogens with two attached hydrogens (primary N) is 1. The van der Waals surface area contributed by atoms with Crippen molar-refractivity contribution in [2.24, 2.45) is 29.4 Å². The first-order valence-electron chi connectivity index (χ1n) is 14.8. The van der Waals surface area contributed by atoms with E-state index < -0.39 is 59.8 Å². The molecular formula is C31H51N5O6. The summed E-state index contributed by atoms with van der Waals surface area (Å²) in [7, 11) is 0. The fourth-order valence-electron chi connectivity index (χ4n) is 4.35. The summed E-state index contributed by atoms with van der Waals surface area (Å²) in [5.41, 5.74) is 6.73. The normalized spacial score (nSPS) is 15.1. The van der Waals surface area contributed by atoms with E-state index >= 15 is 0 Å². The van der Waals surface area contributed by atoms with Crippen molar-refractivity contribution >= 4 is 29.6 Å². The number of amides is 4. The number of carbonyl (C=O) groups is 5. The predicted octanol–water partition coefficient (Wildman–Crippen LogP) is 1.98. The van der Waals surface area contributed by atoms with Gasteiger partial charge in [0.1, 0.15) is 24.2 Å². The van der Waals surface area contributed by atoms with Gasteiger partial charge >= 0.3 is 5.97 Å². The first-order valence-corrected chi connectivity index (χ1v) is 14.8. The smallest absolute Gasteiger partial charge is 0.326 e. The second kappa shape index (κ2) is 17.5. The number of aliphatic carboxylic acids is 1. The molecule has 0 heterocycles. The molecule has 0 bridgehead atoms. The van der Waals surface area contributed by atoms with Crippen molar-refractivity contribution in [3.8, 4) is 0 Å². The molecule has 0 aromatic heterocycles. The third-order valence-electron chi connectivity index (χ3n) is 6.85. The molecule has 1 aromatic rings. The van der Waals surface area contributed by atoms with E-state index in [4.69, 9.17) is 5.73 Å². The molecule has 7 N–H and O–H groups in total. The fourth-order valence-corrected chi connectivity index (χ4v) is 4.35. The van der Waals surface area contributed by atoms with Crippen molar-refractivity contribution in [1.29, 1.82) is 0 Å². The van der Waals surface area contributed by atoms with E-state index in [9.17, 15) is 29.1 Å². The monoisotopic (exact) mass is 589 g/mol.